The van der Waals surface area contributed by atoms with E-state index < -0.39 is 0 Å². The second kappa shape index (κ2) is 9.06. The third kappa shape index (κ3) is 4.12. The fourth-order valence-electron chi connectivity index (χ4n) is 3.97. The molecule has 30 heavy (non-hydrogen) atoms. The summed E-state index contributed by atoms with van der Waals surface area (Å²) in [7, 11) is 0. The number of hydrogen-bond donors (Lipinski definition) is 0. The van der Waals surface area contributed by atoms with Crippen LogP contribution in [0, 0.1) is 0 Å². The Morgan fingerprint density at radius 3 is 2.27 bits per heavy atom. The van der Waals surface area contributed by atoms with Crippen LogP contribution in [0.2, 0.25) is 15.1 Å². The number of benzene rings is 2. The zero-order chi connectivity index (χ0) is 21.3. The normalized spacial score (nSPS) is 15.0. The molecule has 0 atom stereocenters. The number of para-hydroxylation sites is 1. The van der Waals surface area contributed by atoms with Gasteiger partial charge < -0.3 is 4.90 Å². The molecule has 5 nitrogen and oxygen atoms in total. The van der Waals surface area contributed by atoms with Crippen molar-refractivity contribution in [3.05, 3.63) is 79.6 Å². The van der Waals surface area contributed by atoms with E-state index in [1.165, 1.54) is 0 Å². The third-order valence-corrected chi connectivity index (χ3v) is 6.40. The molecule has 4 rings (SSSR count). The van der Waals surface area contributed by atoms with Gasteiger partial charge in [-0.15, -0.1) is 0 Å². The lowest BCUT2D eigenvalue weighted by molar-refractivity contribution is 0.241. The van der Waals surface area contributed by atoms with Crippen LogP contribution >= 0.6 is 34.8 Å². The fraction of sp³-hybridized carbons (Fsp3) is 0.318. The number of nitrogens with zero attached hydrogens (tertiary/aromatic N) is 4. The highest BCUT2D eigenvalue weighted by Crippen LogP contribution is 2.30. The van der Waals surface area contributed by atoms with Crippen LogP contribution in [0.4, 0.5) is 5.69 Å². The molecule has 1 aliphatic heterocycles. The number of rotatable bonds is 5. The summed E-state index contributed by atoms with van der Waals surface area (Å²) >= 11 is 18.9. The molecule has 0 N–H and O–H groups in total. The van der Waals surface area contributed by atoms with Gasteiger partial charge in [-0.25, -0.2) is 4.68 Å². The summed E-state index contributed by atoms with van der Waals surface area (Å²) in [4.78, 5) is 17.5. The molecule has 2 heterocycles. The van der Waals surface area contributed by atoms with Gasteiger partial charge in [0.2, 0.25) is 0 Å². The largest absolute Gasteiger partial charge is 0.368 e. The number of piperazine rings is 1. The maximum Gasteiger partial charge on any atom is 0.290 e. The van der Waals surface area contributed by atoms with Crippen LogP contribution in [-0.2, 0) is 13.1 Å². The summed E-state index contributed by atoms with van der Waals surface area (Å²) in [5.41, 5.74) is 2.50. The summed E-state index contributed by atoms with van der Waals surface area (Å²) in [5, 5.41) is 1.60. The van der Waals surface area contributed by atoms with Crippen molar-refractivity contribution in [2.45, 2.75) is 20.0 Å². The van der Waals surface area contributed by atoms with E-state index in [2.05, 4.69) is 9.80 Å². The molecule has 0 saturated carbocycles. The third-order valence-electron chi connectivity index (χ3n) is 5.48. The molecule has 8 heteroatoms. The SMILES string of the molecule is CCn1c(CN2CCN(c3ccc(Cl)cc3Cl)CC2)c(Cl)c(=O)n1-c1ccccc1. The first-order valence-corrected chi connectivity index (χ1v) is 11.1. The lowest BCUT2D eigenvalue weighted by atomic mass is 10.2. The second-order valence-corrected chi connectivity index (χ2v) is 8.51. The highest BCUT2D eigenvalue weighted by molar-refractivity contribution is 6.36. The first-order valence-electron chi connectivity index (χ1n) is 9.97. The summed E-state index contributed by atoms with van der Waals surface area (Å²) in [5.74, 6) is 0. The Hall–Kier alpha value is -1.92. The molecule has 1 fully saturated rings. The van der Waals surface area contributed by atoms with E-state index in [-0.39, 0.29) is 5.56 Å². The first kappa shape index (κ1) is 21.3. The zero-order valence-corrected chi connectivity index (χ0v) is 19.0. The quantitative estimate of drug-likeness (QED) is 0.535. The molecule has 1 aliphatic rings. The van der Waals surface area contributed by atoms with Gasteiger partial charge in [-0.2, -0.15) is 0 Å². The van der Waals surface area contributed by atoms with Crippen molar-refractivity contribution in [1.82, 2.24) is 14.3 Å². The average molecular weight is 466 g/mol. The predicted octanol–water partition coefficient (Wildman–Crippen LogP) is 4.94. The molecule has 2 aromatic carbocycles. The van der Waals surface area contributed by atoms with Crippen molar-refractivity contribution in [3.63, 3.8) is 0 Å². The Balaban J connectivity index is 1.53. The highest BCUT2D eigenvalue weighted by Gasteiger charge is 2.24. The molecular formula is C22H23Cl3N4O. The molecule has 1 aromatic heterocycles. The fourth-order valence-corrected chi connectivity index (χ4v) is 4.73. The van der Waals surface area contributed by atoms with Gasteiger partial charge in [0.1, 0.15) is 5.02 Å². The highest BCUT2D eigenvalue weighted by atomic mass is 35.5. The van der Waals surface area contributed by atoms with E-state index in [9.17, 15) is 4.79 Å². The standard InChI is InChI=1S/C22H23Cl3N4O/c1-2-28-20(21(25)22(30)29(28)17-6-4-3-5-7-17)15-26-10-12-27(13-11-26)19-9-8-16(23)14-18(19)24/h3-9,14H,2,10-13,15H2,1H3. The summed E-state index contributed by atoms with van der Waals surface area (Å²) < 4.78 is 3.64. The smallest absolute Gasteiger partial charge is 0.290 e. The van der Waals surface area contributed by atoms with Gasteiger partial charge in [0.05, 0.1) is 22.1 Å². The summed E-state index contributed by atoms with van der Waals surface area (Å²) in [6, 6.07) is 15.2. The van der Waals surface area contributed by atoms with Crippen molar-refractivity contribution in [2.75, 3.05) is 31.1 Å². The lowest BCUT2D eigenvalue weighted by Gasteiger charge is -2.36. The van der Waals surface area contributed by atoms with Crippen LogP contribution in [0.5, 0.6) is 0 Å². The Kier molecular flexibility index (Phi) is 6.44. The molecule has 0 bridgehead atoms. The van der Waals surface area contributed by atoms with Crippen LogP contribution in [0.15, 0.2) is 53.3 Å². The van der Waals surface area contributed by atoms with Crippen LogP contribution in [0.25, 0.3) is 5.69 Å². The van der Waals surface area contributed by atoms with Gasteiger partial charge >= 0.3 is 0 Å². The molecule has 0 amide bonds. The minimum absolute atomic E-state index is 0.175. The molecular weight excluding hydrogens is 443 g/mol. The summed E-state index contributed by atoms with van der Waals surface area (Å²) in [6.07, 6.45) is 0. The molecule has 3 aromatic rings. The van der Waals surface area contributed by atoms with Gasteiger partial charge in [0.15, 0.2) is 0 Å². The summed E-state index contributed by atoms with van der Waals surface area (Å²) in [6.45, 7) is 6.70. The molecule has 158 valence electrons. The second-order valence-electron chi connectivity index (χ2n) is 7.29. The Labute approximate surface area is 191 Å². The van der Waals surface area contributed by atoms with Crippen LogP contribution in [-0.4, -0.2) is 40.4 Å². The number of hydrogen-bond acceptors (Lipinski definition) is 3. The van der Waals surface area contributed by atoms with E-state index in [0.29, 0.717) is 28.2 Å². The predicted molar refractivity (Wildman–Crippen MR) is 125 cm³/mol. The molecule has 0 aliphatic carbocycles. The van der Waals surface area contributed by atoms with E-state index in [1.54, 1.807) is 10.7 Å². The minimum Gasteiger partial charge on any atom is -0.368 e. The van der Waals surface area contributed by atoms with Crippen molar-refractivity contribution >= 4 is 40.5 Å². The van der Waals surface area contributed by atoms with Gasteiger partial charge in [-0.3, -0.25) is 14.4 Å². The first-order chi connectivity index (χ1) is 14.5. The van der Waals surface area contributed by atoms with Crippen LogP contribution < -0.4 is 10.5 Å². The Morgan fingerprint density at radius 2 is 1.63 bits per heavy atom. The average Bonchev–Trinajstić information content (AvgIpc) is 2.99. The van der Waals surface area contributed by atoms with Crippen LogP contribution in [0.1, 0.15) is 12.6 Å². The van der Waals surface area contributed by atoms with Crippen molar-refractivity contribution < 1.29 is 0 Å². The Morgan fingerprint density at radius 1 is 0.933 bits per heavy atom. The topological polar surface area (TPSA) is 33.4 Å². The van der Waals surface area contributed by atoms with Crippen molar-refractivity contribution in [2.24, 2.45) is 0 Å². The zero-order valence-electron chi connectivity index (χ0n) is 16.7. The molecule has 0 unspecified atom stereocenters. The number of halogens is 3. The van der Waals surface area contributed by atoms with Gasteiger partial charge in [0, 0.05) is 44.3 Å². The van der Waals surface area contributed by atoms with Gasteiger partial charge in [-0.05, 0) is 37.3 Å². The van der Waals surface area contributed by atoms with Gasteiger partial charge in [0.25, 0.3) is 5.56 Å². The van der Waals surface area contributed by atoms with E-state index >= 15 is 0 Å². The van der Waals surface area contributed by atoms with Crippen LogP contribution in [0.3, 0.4) is 0 Å². The van der Waals surface area contributed by atoms with Gasteiger partial charge in [-0.1, -0.05) is 53.0 Å². The Bertz CT molecular complexity index is 1090. The molecule has 0 radical (unpaired) electrons. The van der Waals surface area contributed by atoms with E-state index in [1.807, 2.05) is 54.1 Å². The maximum atomic E-state index is 12.9. The number of anilines is 1. The lowest BCUT2D eigenvalue weighted by Crippen LogP contribution is -2.46. The maximum absolute atomic E-state index is 12.9. The molecule has 1 saturated heterocycles. The minimum atomic E-state index is -0.175. The van der Waals surface area contributed by atoms with Crippen molar-refractivity contribution in [3.8, 4) is 5.69 Å². The van der Waals surface area contributed by atoms with Crippen molar-refractivity contribution in [1.29, 1.82) is 0 Å². The number of aromatic nitrogens is 2. The van der Waals surface area contributed by atoms with E-state index in [4.69, 9.17) is 34.8 Å². The van der Waals surface area contributed by atoms with E-state index in [0.717, 1.165) is 43.2 Å². The molecule has 0 spiro atoms. The monoisotopic (exact) mass is 464 g/mol.